The molecule has 34 heavy (non-hydrogen) atoms. The number of ketones is 1. The largest absolute Gasteiger partial charge is 0.496 e. The number of hydrogen-bond donors (Lipinski definition) is 0. The number of hydrogen-bond acceptors (Lipinski definition) is 6. The van der Waals surface area contributed by atoms with E-state index >= 15 is 0 Å². The Morgan fingerprint density at radius 1 is 1.03 bits per heavy atom. The smallest absolute Gasteiger partial charge is 0.264 e. The molecule has 0 unspecified atom stereocenters. The fourth-order valence-electron chi connectivity index (χ4n) is 4.59. The summed E-state index contributed by atoms with van der Waals surface area (Å²) in [6, 6.07) is 10.6. The highest BCUT2D eigenvalue weighted by Gasteiger charge is 2.34. The highest BCUT2D eigenvalue weighted by molar-refractivity contribution is 7.89. The molecule has 0 N–H and O–H groups in total. The van der Waals surface area contributed by atoms with Gasteiger partial charge in [0.25, 0.3) is 10.0 Å². The van der Waals surface area contributed by atoms with Crippen LogP contribution in [0.3, 0.4) is 0 Å². The summed E-state index contributed by atoms with van der Waals surface area (Å²) in [6.45, 7) is 2.58. The maximum atomic E-state index is 13.2. The van der Waals surface area contributed by atoms with Crippen molar-refractivity contribution >= 4 is 21.6 Å². The van der Waals surface area contributed by atoms with Gasteiger partial charge in [-0.25, -0.2) is 12.8 Å². The van der Waals surface area contributed by atoms with Gasteiger partial charge in [0.05, 0.1) is 26.0 Å². The van der Waals surface area contributed by atoms with Crippen LogP contribution in [0.4, 0.5) is 4.39 Å². The zero-order chi connectivity index (χ0) is 24.3. The van der Waals surface area contributed by atoms with Crippen LogP contribution in [-0.2, 0) is 14.8 Å². The molecule has 0 spiro atoms. The molecule has 0 aliphatic carbocycles. The lowest BCUT2D eigenvalue weighted by Gasteiger charge is -2.32. The van der Waals surface area contributed by atoms with Gasteiger partial charge in [-0.2, -0.15) is 0 Å². The number of carbonyl (C=O) groups excluding carboxylic acids is 1. The second-order valence-electron chi connectivity index (χ2n) is 8.49. The molecule has 0 radical (unpaired) electrons. The number of halogens is 1. The Kier molecular flexibility index (Phi) is 7.23. The van der Waals surface area contributed by atoms with Gasteiger partial charge in [-0.15, -0.1) is 0 Å². The zero-order valence-electron chi connectivity index (χ0n) is 19.4. The number of carbonyl (C=O) groups is 1. The van der Waals surface area contributed by atoms with Crippen LogP contribution in [0.25, 0.3) is 5.76 Å². The number of Topliss-reactive ketones (excluding diaryl/α,β-unsaturated/α-hetero) is 1. The summed E-state index contributed by atoms with van der Waals surface area (Å²) in [7, 11) is -0.700. The quantitative estimate of drug-likeness (QED) is 0.527. The van der Waals surface area contributed by atoms with E-state index in [1.54, 1.807) is 30.3 Å². The lowest BCUT2D eigenvalue weighted by molar-refractivity contribution is 0.0838. The average molecular weight is 489 g/mol. The minimum Gasteiger partial charge on any atom is -0.496 e. The minimum absolute atomic E-state index is 0.0605. The molecule has 2 aliphatic heterocycles. The van der Waals surface area contributed by atoms with Crippen LogP contribution in [0.1, 0.15) is 35.2 Å². The molecule has 0 amide bonds. The number of benzene rings is 2. The molecular weight excluding hydrogens is 459 g/mol. The van der Waals surface area contributed by atoms with Gasteiger partial charge in [0.1, 0.15) is 22.2 Å². The van der Waals surface area contributed by atoms with Gasteiger partial charge >= 0.3 is 0 Å². The first-order chi connectivity index (χ1) is 16.3. The molecule has 9 heteroatoms. The standard InChI is InChI=1S/C25H29FN2O5S/c1-32-21-5-3-6-23-24(21)22(33-2)17-28(34(23,30)31)14-4-13-27-15-11-19(12-16-27)25(29)18-7-9-20(26)10-8-18/h3,5-10,17,19H,4,11-16H2,1-2H3. The molecule has 182 valence electrons. The summed E-state index contributed by atoms with van der Waals surface area (Å²) in [5.74, 6) is 0.541. The van der Waals surface area contributed by atoms with E-state index in [4.69, 9.17) is 9.47 Å². The van der Waals surface area contributed by atoms with E-state index in [0.29, 0.717) is 35.6 Å². The van der Waals surface area contributed by atoms with Crippen LogP contribution in [0.15, 0.2) is 53.6 Å². The highest BCUT2D eigenvalue weighted by atomic mass is 32.2. The number of piperidine rings is 1. The molecular formula is C25H29FN2O5S. The van der Waals surface area contributed by atoms with Crippen LogP contribution in [0.5, 0.6) is 5.75 Å². The van der Waals surface area contributed by atoms with Crippen molar-refractivity contribution in [1.82, 2.24) is 9.21 Å². The summed E-state index contributed by atoms with van der Waals surface area (Å²) in [5.41, 5.74) is 0.990. The third-order valence-electron chi connectivity index (χ3n) is 6.46. The topological polar surface area (TPSA) is 76.2 Å². The molecule has 2 aromatic rings. The predicted octanol–water partition coefficient (Wildman–Crippen LogP) is 3.77. The zero-order valence-corrected chi connectivity index (χ0v) is 20.2. The molecule has 0 atom stereocenters. The van der Waals surface area contributed by atoms with Gasteiger partial charge in [0.15, 0.2) is 5.78 Å². The van der Waals surface area contributed by atoms with Crippen LogP contribution < -0.4 is 4.74 Å². The molecule has 7 nitrogen and oxygen atoms in total. The lowest BCUT2D eigenvalue weighted by atomic mass is 9.89. The van der Waals surface area contributed by atoms with Crippen molar-refractivity contribution in [2.24, 2.45) is 5.92 Å². The second-order valence-corrected chi connectivity index (χ2v) is 10.3. The lowest BCUT2D eigenvalue weighted by Crippen LogP contribution is -2.38. The first-order valence-corrected chi connectivity index (χ1v) is 12.8. The number of sulfonamides is 1. The Hall–Kier alpha value is -2.91. The second kappa shape index (κ2) is 10.1. The predicted molar refractivity (Wildman–Crippen MR) is 126 cm³/mol. The first kappa shape index (κ1) is 24.2. The van der Waals surface area contributed by atoms with Gasteiger partial charge in [0, 0.05) is 18.0 Å². The van der Waals surface area contributed by atoms with Crippen LogP contribution in [-0.4, -0.2) is 63.8 Å². The number of ether oxygens (including phenoxy) is 2. The fraction of sp³-hybridized carbons (Fsp3) is 0.400. The summed E-state index contributed by atoms with van der Waals surface area (Å²) in [5, 5.41) is 0. The van der Waals surface area contributed by atoms with Gasteiger partial charge < -0.3 is 14.4 Å². The summed E-state index contributed by atoms with van der Waals surface area (Å²) >= 11 is 0. The Labute approximate surface area is 199 Å². The van der Waals surface area contributed by atoms with Crippen LogP contribution in [0, 0.1) is 11.7 Å². The Balaban J connectivity index is 1.33. The molecule has 4 rings (SSSR count). The third kappa shape index (κ3) is 4.81. The number of methoxy groups -OCH3 is 2. The molecule has 0 aromatic heterocycles. The molecule has 2 aromatic carbocycles. The van der Waals surface area contributed by atoms with Crippen molar-refractivity contribution in [3.05, 3.63) is 65.6 Å². The monoisotopic (exact) mass is 488 g/mol. The molecule has 0 bridgehead atoms. The van der Waals surface area contributed by atoms with Crippen LogP contribution in [0.2, 0.25) is 0 Å². The summed E-state index contributed by atoms with van der Waals surface area (Å²) in [6.07, 6.45) is 3.63. The van der Waals surface area contributed by atoms with Crippen molar-refractivity contribution in [2.45, 2.75) is 24.2 Å². The Bertz CT molecular complexity index is 1170. The maximum Gasteiger partial charge on any atom is 0.264 e. The van der Waals surface area contributed by atoms with Crippen molar-refractivity contribution in [3.8, 4) is 5.75 Å². The summed E-state index contributed by atoms with van der Waals surface area (Å²) in [4.78, 5) is 15.1. The van der Waals surface area contributed by atoms with Gasteiger partial charge in [-0.05, 0) is 75.3 Å². The van der Waals surface area contributed by atoms with E-state index in [-0.39, 0.29) is 22.4 Å². The number of fused-ring (bicyclic) bond motifs is 1. The molecule has 1 saturated heterocycles. The van der Waals surface area contributed by atoms with E-state index in [2.05, 4.69) is 4.90 Å². The van der Waals surface area contributed by atoms with Crippen molar-refractivity contribution in [1.29, 1.82) is 0 Å². The Morgan fingerprint density at radius 3 is 2.38 bits per heavy atom. The van der Waals surface area contributed by atoms with E-state index in [0.717, 1.165) is 32.5 Å². The SMILES string of the molecule is COC1=CN(CCCN2CCC(C(=O)c3ccc(F)cc3)CC2)S(=O)(=O)c2cccc(OC)c21. The summed E-state index contributed by atoms with van der Waals surface area (Å²) < 4.78 is 51.6. The number of rotatable bonds is 8. The molecule has 0 saturated carbocycles. The third-order valence-corrected chi connectivity index (χ3v) is 8.26. The van der Waals surface area contributed by atoms with Crippen molar-refractivity contribution in [3.63, 3.8) is 0 Å². The average Bonchev–Trinajstić information content (AvgIpc) is 2.85. The van der Waals surface area contributed by atoms with Gasteiger partial charge in [0.2, 0.25) is 0 Å². The fourth-order valence-corrected chi connectivity index (χ4v) is 6.15. The number of nitrogens with zero attached hydrogens (tertiary/aromatic N) is 2. The van der Waals surface area contributed by atoms with Gasteiger partial charge in [-0.1, -0.05) is 6.07 Å². The maximum absolute atomic E-state index is 13.2. The first-order valence-electron chi connectivity index (χ1n) is 11.3. The van der Waals surface area contributed by atoms with E-state index in [9.17, 15) is 17.6 Å². The normalized spacial score (nSPS) is 18.2. The van der Waals surface area contributed by atoms with Crippen molar-refractivity contribution < 1.29 is 27.1 Å². The van der Waals surface area contributed by atoms with E-state index in [1.807, 2.05) is 0 Å². The van der Waals surface area contributed by atoms with E-state index in [1.165, 1.54) is 36.9 Å². The minimum atomic E-state index is -3.71. The van der Waals surface area contributed by atoms with Crippen molar-refractivity contribution in [2.75, 3.05) is 40.4 Å². The molecule has 2 heterocycles. The van der Waals surface area contributed by atoms with E-state index < -0.39 is 10.0 Å². The van der Waals surface area contributed by atoms with Gasteiger partial charge in [-0.3, -0.25) is 9.10 Å². The number of likely N-dealkylation sites (tertiary alicyclic amines) is 1. The Morgan fingerprint density at radius 2 is 1.74 bits per heavy atom. The van der Waals surface area contributed by atoms with Crippen LogP contribution >= 0.6 is 0 Å². The molecule has 1 fully saturated rings. The molecule has 2 aliphatic rings. The highest BCUT2D eigenvalue weighted by Crippen LogP contribution is 2.38.